The highest BCUT2D eigenvalue weighted by Crippen LogP contribution is 1.94. The summed E-state index contributed by atoms with van der Waals surface area (Å²) in [6.45, 7) is 6.47. The first-order valence-electron chi connectivity index (χ1n) is 6.19. The van der Waals surface area contributed by atoms with Crippen LogP contribution in [0.5, 0.6) is 0 Å². The third kappa shape index (κ3) is 11.5. The molecule has 96 valence electrons. The predicted molar refractivity (Wildman–Crippen MR) is 66.5 cm³/mol. The maximum absolute atomic E-state index is 11.3. The summed E-state index contributed by atoms with van der Waals surface area (Å²) < 4.78 is 5.36. The van der Waals surface area contributed by atoms with E-state index in [1.165, 1.54) is 0 Å². The summed E-state index contributed by atoms with van der Waals surface area (Å²) in [5.74, 6) is 0.136. The molecule has 0 aromatic heterocycles. The van der Waals surface area contributed by atoms with Gasteiger partial charge in [0.2, 0.25) is 5.91 Å². The van der Waals surface area contributed by atoms with Crippen molar-refractivity contribution in [1.82, 2.24) is 10.6 Å². The van der Waals surface area contributed by atoms with Crippen LogP contribution >= 0.6 is 0 Å². The van der Waals surface area contributed by atoms with Crippen LogP contribution in [0, 0.1) is 0 Å². The molecule has 0 saturated heterocycles. The normalized spacial score (nSPS) is 10.8. The highest BCUT2D eigenvalue weighted by molar-refractivity contribution is 5.75. The van der Waals surface area contributed by atoms with Gasteiger partial charge < -0.3 is 15.4 Å². The van der Waals surface area contributed by atoms with E-state index in [-0.39, 0.29) is 12.0 Å². The molecule has 4 heteroatoms. The van der Waals surface area contributed by atoms with Gasteiger partial charge in [-0.25, -0.2) is 0 Å². The van der Waals surface area contributed by atoms with Gasteiger partial charge in [0.1, 0.15) is 0 Å². The van der Waals surface area contributed by atoms with E-state index in [1.807, 2.05) is 20.9 Å². The number of amides is 1. The molecule has 0 aliphatic heterocycles. The van der Waals surface area contributed by atoms with Gasteiger partial charge in [0, 0.05) is 19.6 Å². The first-order chi connectivity index (χ1) is 7.66. The van der Waals surface area contributed by atoms with Gasteiger partial charge in [0.05, 0.1) is 6.10 Å². The summed E-state index contributed by atoms with van der Waals surface area (Å²) in [7, 11) is 1.94. The summed E-state index contributed by atoms with van der Waals surface area (Å²) in [5.41, 5.74) is 0. The van der Waals surface area contributed by atoms with Crippen LogP contribution in [0.1, 0.15) is 39.5 Å². The molecule has 0 aromatic carbocycles. The molecule has 0 aliphatic rings. The molecule has 0 aliphatic carbocycles. The zero-order valence-electron chi connectivity index (χ0n) is 10.8. The van der Waals surface area contributed by atoms with E-state index in [0.717, 1.165) is 32.4 Å². The fraction of sp³-hybridized carbons (Fsp3) is 0.917. The molecule has 0 rings (SSSR count). The zero-order chi connectivity index (χ0) is 12.2. The number of carbonyl (C=O) groups is 1. The lowest BCUT2D eigenvalue weighted by molar-refractivity contribution is -0.121. The molecule has 1 amide bonds. The molecule has 2 N–H and O–H groups in total. The highest BCUT2D eigenvalue weighted by Gasteiger charge is 2.00. The Bertz CT molecular complexity index is 172. The fourth-order valence-corrected chi connectivity index (χ4v) is 1.29. The van der Waals surface area contributed by atoms with Gasteiger partial charge in [-0.3, -0.25) is 4.79 Å². The topological polar surface area (TPSA) is 50.4 Å². The Morgan fingerprint density at radius 2 is 1.88 bits per heavy atom. The first-order valence-corrected chi connectivity index (χ1v) is 6.19. The number of carbonyl (C=O) groups excluding carboxylic acids is 1. The maximum Gasteiger partial charge on any atom is 0.220 e. The van der Waals surface area contributed by atoms with Crippen molar-refractivity contribution >= 4 is 5.91 Å². The Hall–Kier alpha value is -0.610. The summed E-state index contributed by atoms with van der Waals surface area (Å²) in [4.78, 5) is 11.3. The minimum Gasteiger partial charge on any atom is -0.379 e. The fourth-order valence-electron chi connectivity index (χ4n) is 1.29. The molecular formula is C12H26N2O2. The van der Waals surface area contributed by atoms with Crippen molar-refractivity contribution in [2.24, 2.45) is 0 Å². The molecule has 0 unspecified atom stereocenters. The minimum atomic E-state index is 0.136. The lowest BCUT2D eigenvalue weighted by Crippen LogP contribution is -2.25. The Labute approximate surface area is 99.1 Å². The molecule has 0 saturated carbocycles. The molecule has 16 heavy (non-hydrogen) atoms. The van der Waals surface area contributed by atoms with E-state index in [9.17, 15) is 4.79 Å². The largest absolute Gasteiger partial charge is 0.379 e. The van der Waals surface area contributed by atoms with Gasteiger partial charge in [0.25, 0.3) is 0 Å². The lowest BCUT2D eigenvalue weighted by Gasteiger charge is -2.07. The van der Waals surface area contributed by atoms with Crippen LogP contribution in [-0.2, 0) is 9.53 Å². The SMILES string of the molecule is CNCCCCNC(=O)CCCOC(C)C. The average molecular weight is 230 g/mol. The van der Waals surface area contributed by atoms with E-state index in [2.05, 4.69) is 10.6 Å². The van der Waals surface area contributed by atoms with Crippen molar-refractivity contribution in [3.05, 3.63) is 0 Å². The Morgan fingerprint density at radius 3 is 2.50 bits per heavy atom. The maximum atomic E-state index is 11.3. The van der Waals surface area contributed by atoms with Crippen molar-refractivity contribution < 1.29 is 9.53 Å². The smallest absolute Gasteiger partial charge is 0.220 e. The van der Waals surface area contributed by atoms with Crippen LogP contribution in [0.4, 0.5) is 0 Å². The van der Waals surface area contributed by atoms with Crippen LogP contribution in [-0.4, -0.2) is 38.8 Å². The number of rotatable bonds is 10. The zero-order valence-corrected chi connectivity index (χ0v) is 10.8. The second kappa shape index (κ2) is 10.9. The van der Waals surface area contributed by atoms with Crippen LogP contribution in [0.25, 0.3) is 0 Å². The first kappa shape index (κ1) is 15.4. The number of hydrogen-bond donors (Lipinski definition) is 2. The van der Waals surface area contributed by atoms with Crippen molar-refractivity contribution in [2.75, 3.05) is 26.7 Å². The third-order valence-electron chi connectivity index (χ3n) is 2.18. The Balaban J connectivity index is 3.18. The molecule has 0 spiro atoms. The predicted octanol–water partition coefficient (Wildman–Crippen LogP) is 1.31. The molecule has 0 fully saturated rings. The average Bonchev–Trinajstić information content (AvgIpc) is 2.24. The van der Waals surface area contributed by atoms with Gasteiger partial charge in [-0.2, -0.15) is 0 Å². The second-order valence-electron chi connectivity index (χ2n) is 4.18. The van der Waals surface area contributed by atoms with Crippen molar-refractivity contribution in [2.45, 2.75) is 45.6 Å². The lowest BCUT2D eigenvalue weighted by atomic mass is 10.2. The number of nitrogens with one attached hydrogen (secondary N) is 2. The second-order valence-corrected chi connectivity index (χ2v) is 4.18. The van der Waals surface area contributed by atoms with Crippen molar-refractivity contribution in [1.29, 1.82) is 0 Å². The number of unbranched alkanes of at least 4 members (excludes halogenated alkanes) is 1. The molecule has 0 radical (unpaired) electrons. The molecule has 0 atom stereocenters. The Kier molecular flexibility index (Phi) is 10.5. The summed E-state index contributed by atoms with van der Waals surface area (Å²) in [5, 5.41) is 5.99. The Morgan fingerprint density at radius 1 is 1.19 bits per heavy atom. The van der Waals surface area contributed by atoms with E-state index < -0.39 is 0 Å². The number of hydrogen-bond acceptors (Lipinski definition) is 3. The molecule has 4 nitrogen and oxygen atoms in total. The number of ether oxygens (including phenoxy) is 1. The van der Waals surface area contributed by atoms with Gasteiger partial charge in [-0.1, -0.05) is 0 Å². The van der Waals surface area contributed by atoms with E-state index >= 15 is 0 Å². The van der Waals surface area contributed by atoms with Crippen molar-refractivity contribution in [3.8, 4) is 0 Å². The molecule has 0 aromatic rings. The van der Waals surface area contributed by atoms with Gasteiger partial charge in [-0.15, -0.1) is 0 Å². The third-order valence-corrected chi connectivity index (χ3v) is 2.18. The van der Waals surface area contributed by atoms with Gasteiger partial charge >= 0.3 is 0 Å². The van der Waals surface area contributed by atoms with E-state index in [1.54, 1.807) is 0 Å². The summed E-state index contributed by atoms with van der Waals surface area (Å²) in [6, 6.07) is 0. The van der Waals surface area contributed by atoms with Crippen LogP contribution in [0.3, 0.4) is 0 Å². The van der Waals surface area contributed by atoms with E-state index in [4.69, 9.17) is 4.74 Å². The minimum absolute atomic E-state index is 0.136. The van der Waals surface area contributed by atoms with Crippen LogP contribution in [0.15, 0.2) is 0 Å². The van der Waals surface area contributed by atoms with Gasteiger partial charge in [0.15, 0.2) is 0 Å². The van der Waals surface area contributed by atoms with Gasteiger partial charge in [-0.05, 0) is 46.7 Å². The van der Waals surface area contributed by atoms with Crippen LogP contribution < -0.4 is 10.6 Å². The molecular weight excluding hydrogens is 204 g/mol. The standard InChI is InChI=1S/C12H26N2O2/c1-11(2)16-10-6-7-12(15)14-9-5-4-8-13-3/h11,13H,4-10H2,1-3H3,(H,14,15). The quantitative estimate of drug-likeness (QED) is 0.556. The van der Waals surface area contributed by atoms with Crippen molar-refractivity contribution in [3.63, 3.8) is 0 Å². The summed E-state index contributed by atoms with van der Waals surface area (Å²) >= 11 is 0. The molecule has 0 bridgehead atoms. The van der Waals surface area contributed by atoms with E-state index in [0.29, 0.717) is 13.0 Å². The monoisotopic (exact) mass is 230 g/mol. The van der Waals surface area contributed by atoms with Crippen LogP contribution in [0.2, 0.25) is 0 Å². The highest BCUT2D eigenvalue weighted by atomic mass is 16.5. The molecule has 0 heterocycles. The summed E-state index contributed by atoms with van der Waals surface area (Å²) in [6.07, 6.45) is 3.77.